The maximum atomic E-state index is 12.3. The van der Waals surface area contributed by atoms with Crippen molar-refractivity contribution in [2.45, 2.75) is 17.4 Å². The summed E-state index contributed by atoms with van der Waals surface area (Å²) < 4.78 is 26.1. The SMILES string of the molecule is CNC1CCN(S(=O)(=O)c2ccc(C#N)cc2)C1.Cl. The number of likely N-dealkylation sites (N-methyl/N-ethyl adjacent to an activating group) is 1. The van der Waals surface area contributed by atoms with Crippen molar-refractivity contribution in [3.05, 3.63) is 29.8 Å². The van der Waals surface area contributed by atoms with Crippen LogP contribution in [0.4, 0.5) is 0 Å². The summed E-state index contributed by atoms with van der Waals surface area (Å²) in [7, 11) is -1.59. The van der Waals surface area contributed by atoms with Crippen molar-refractivity contribution in [1.29, 1.82) is 5.26 Å². The summed E-state index contributed by atoms with van der Waals surface area (Å²) in [6.45, 7) is 1.03. The highest BCUT2D eigenvalue weighted by Crippen LogP contribution is 2.21. The fraction of sp³-hybridized carbons (Fsp3) is 0.417. The number of nitrogens with one attached hydrogen (secondary N) is 1. The molecule has 0 radical (unpaired) electrons. The number of hydrogen-bond donors (Lipinski definition) is 1. The molecular formula is C12H16ClN3O2S. The summed E-state index contributed by atoms with van der Waals surface area (Å²) in [5.41, 5.74) is 0.462. The largest absolute Gasteiger partial charge is 0.316 e. The van der Waals surface area contributed by atoms with E-state index in [-0.39, 0.29) is 23.3 Å². The molecule has 2 rings (SSSR count). The van der Waals surface area contributed by atoms with Gasteiger partial charge in [0.15, 0.2) is 0 Å². The van der Waals surface area contributed by atoms with Gasteiger partial charge in [-0.05, 0) is 37.7 Å². The van der Waals surface area contributed by atoms with Crippen LogP contribution in [0.25, 0.3) is 0 Å². The zero-order chi connectivity index (χ0) is 13.2. The van der Waals surface area contributed by atoms with Crippen molar-refractivity contribution in [2.24, 2.45) is 0 Å². The lowest BCUT2D eigenvalue weighted by Gasteiger charge is -2.16. The van der Waals surface area contributed by atoms with Crippen LogP contribution in [-0.2, 0) is 10.0 Å². The zero-order valence-electron chi connectivity index (χ0n) is 10.5. The Kier molecular flexibility index (Phi) is 5.32. The molecule has 5 nitrogen and oxygen atoms in total. The molecule has 7 heteroatoms. The fourth-order valence-corrected chi connectivity index (χ4v) is 3.53. The average Bonchev–Trinajstić information content (AvgIpc) is 2.88. The summed E-state index contributed by atoms with van der Waals surface area (Å²) in [6, 6.07) is 8.22. The second-order valence-electron chi connectivity index (χ2n) is 4.27. The van der Waals surface area contributed by atoms with E-state index in [0.29, 0.717) is 18.7 Å². The van der Waals surface area contributed by atoms with E-state index in [2.05, 4.69) is 5.32 Å². The summed E-state index contributed by atoms with van der Waals surface area (Å²) in [4.78, 5) is 0.248. The fourth-order valence-electron chi connectivity index (χ4n) is 2.03. The standard InChI is InChI=1S/C12H15N3O2S.ClH/c1-14-11-6-7-15(9-11)18(16,17)12-4-2-10(8-13)3-5-12;/h2-5,11,14H,6-7,9H2,1H3;1H. The lowest BCUT2D eigenvalue weighted by Crippen LogP contribution is -2.33. The molecule has 1 atom stereocenters. The lowest BCUT2D eigenvalue weighted by atomic mass is 10.2. The maximum absolute atomic E-state index is 12.3. The van der Waals surface area contributed by atoms with Crippen LogP contribution in [0.1, 0.15) is 12.0 Å². The number of hydrogen-bond acceptors (Lipinski definition) is 4. The first-order chi connectivity index (χ1) is 8.57. The van der Waals surface area contributed by atoms with Gasteiger partial charge in [-0.15, -0.1) is 12.4 Å². The van der Waals surface area contributed by atoms with Crippen LogP contribution in [0.3, 0.4) is 0 Å². The van der Waals surface area contributed by atoms with Gasteiger partial charge in [-0.25, -0.2) is 8.42 Å². The molecule has 0 amide bonds. The predicted octanol–water partition coefficient (Wildman–Crippen LogP) is 0.962. The molecule has 19 heavy (non-hydrogen) atoms. The molecule has 1 aliphatic heterocycles. The van der Waals surface area contributed by atoms with Gasteiger partial charge in [0.25, 0.3) is 0 Å². The van der Waals surface area contributed by atoms with Gasteiger partial charge in [0.2, 0.25) is 10.0 Å². The van der Waals surface area contributed by atoms with E-state index in [9.17, 15) is 8.42 Å². The van der Waals surface area contributed by atoms with Gasteiger partial charge in [0.05, 0.1) is 16.5 Å². The molecule has 1 saturated heterocycles. The molecule has 0 aromatic heterocycles. The third-order valence-electron chi connectivity index (χ3n) is 3.18. The first-order valence-corrected chi connectivity index (χ1v) is 7.19. The Balaban J connectivity index is 0.00000180. The van der Waals surface area contributed by atoms with Crippen molar-refractivity contribution >= 4 is 22.4 Å². The van der Waals surface area contributed by atoms with Crippen LogP contribution in [0.15, 0.2) is 29.2 Å². The highest BCUT2D eigenvalue weighted by molar-refractivity contribution is 7.89. The molecule has 1 heterocycles. The third-order valence-corrected chi connectivity index (χ3v) is 5.06. The summed E-state index contributed by atoms with van der Waals surface area (Å²) >= 11 is 0. The van der Waals surface area contributed by atoms with Crippen LogP contribution in [0, 0.1) is 11.3 Å². The van der Waals surface area contributed by atoms with Crippen molar-refractivity contribution in [1.82, 2.24) is 9.62 Å². The van der Waals surface area contributed by atoms with E-state index >= 15 is 0 Å². The van der Waals surface area contributed by atoms with E-state index in [1.807, 2.05) is 13.1 Å². The number of rotatable bonds is 3. The molecule has 1 fully saturated rings. The Labute approximate surface area is 119 Å². The zero-order valence-corrected chi connectivity index (χ0v) is 12.2. The molecule has 1 aromatic carbocycles. The lowest BCUT2D eigenvalue weighted by molar-refractivity contribution is 0.464. The minimum Gasteiger partial charge on any atom is -0.316 e. The molecule has 0 spiro atoms. The van der Waals surface area contributed by atoms with Crippen LogP contribution in [-0.4, -0.2) is 38.9 Å². The van der Waals surface area contributed by atoms with E-state index in [1.165, 1.54) is 28.6 Å². The van der Waals surface area contributed by atoms with Crippen LogP contribution >= 0.6 is 12.4 Å². The third kappa shape index (κ3) is 3.25. The summed E-state index contributed by atoms with van der Waals surface area (Å²) in [6.07, 6.45) is 0.825. The minimum absolute atomic E-state index is 0. The molecule has 0 aliphatic carbocycles. The van der Waals surface area contributed by atoms with Crippen LogP contribution < -0.4 is 5.32 Å². The normalized spacial score (nSPS) is 19.7. The molecule has 1 aromatic rings. The van der Waals surface area contributed by atoms with E-state index in [0.717, 1.165) is 6.42 Å². The average molecular weight is 302 g/mol. The second kappa shape index (κ2) is 6.35. The quantitative estimate of drug-likeness (QED) is 0.902. The first kappa shape index (κ1) is 15.9. The Morgan fingerprint density at radius 1 is 1.37 bits per heavy atom. The Morgan fingerprint density at radius 3 is 2.47 bits per heavy atom. The Hall–Kier alpha value is -1.13. The van der Waals surface area contributed by atoms with E-state index in [4.69, 9.17) is 5.26 Å². The van der Waals surface area contributed by atoms with Gasteiger partial charge >= 0.3 is 0 Å². The van der Waals surface area contributed by atoms with Gasteiger partial charge in [0, 0.05) is 19.1 Å². The van der Waals surface area contributed by atoms with Gasteiger partial charge in [0.1, 0.15) is 0 Å². The Morgan fingerprint density at radius 2 is 2.00 bits per heavy atom. The van der Waals surface area contributed by atoms with Crippen molar-refractivity contribution in [3.63, 3.8) is 0 Å². The highest BCUT2D eigenvalue weighted by Gasteiger charge is 2.31. The van der Waals surface area contributed by atoms with Gasteiger partial charge < -0.3 is 5.32 Å². The van der Waals surface area contributed by atoms with Crippen LogP contribution in [0.5, 0.6) is 0 Å². The number of halogens is 1. The summed E-state index contributed by atoms with van der Waals surface area (Å²) in [5.74, 6) is 0. The number of nitrogens with zero attached hydrogens (tertiary/aromatic N) is 2. The van der Waals surface area contributed by atoms with Gasteiger partial charge in [-0.3, -0.25) is 0 Å². The number of sulfonamides is 1. The van der Waals surface area contributed by atoms with Crippen LogP contribution in [0.2, 0.25) is 0 Å². The number of benzene rings is 1. The second-order valence-corrected chi connectivity index (χ2v) is 6.21. The smallest absolute Gasteiger partial charge is 0.243 e. The predicted molar refractivity (Wildman–Crippen MR) is 74.6 cm³/mol. The van der Waals surface area contributed by atoms with Crippen molar-refractivity contribution in [3.8, 4) is 6.07 Å². The molecule has 104 valence electrons. The highest BCUT2D eigenvalue weighted by atomic mass is 35.5. The molecule has 1 unspecified atom stereocenters. The molecule has 1 aliphatic rings. The molecule has 0 bridgehead atoms. The topological polar surface area (TPSA) is 73.2 Å². The first-order valence-electron chi connectivity index (χ1n) is 5.75. The molecule has 1 N–H and O–H groups in total. The molecular weight excluding hydrogens is 286 g/mol. The maximum Gasteiger partial charge on any atom is 0.243 e. The van der Waals surface area contributed by atoms with Crippen molar-refractivity contribution in [2.75, 3.05) is 20.1 Å². The van der Waals surface area contributed by atoms with Crippen molar-refractivity contribution < 1.29 is 8.42 Å². The number of nitriles is 1. The molecule has 0 saturated carbocycles. The van der Waals surface area contributed by atoms with Gasteiger partial charge in [-0.1, -0.05) is 0 Å². The van der Waals surface area contributed by atoms with Gasteiger partial charge in [-0.2, -0.15) is 9.57 Å². The van der Waals surface area contributed by atoms with E-state index < -0.39 is 10.0 Å². The minimum atomic E-state index is -3.42. The Bertz CT molecular complexity index is 566. The monoisotopic (exact) mass is 301 g/mol. The summed E-state index contributed by atoms with van der Waals surface area (Å²) in [5, 5.41) is 11.8. The van der Waals surface area contributed by atoms with E-state index in [1.54, 1.807) is 0 Å².